The Morgan fingerprint density at radius 1 is 0.615 bits per heavy atom. The first-order valence-electron chi connectivity index (χ1n) is 8.85. The molecule has 2 atom stereocenters. The van der Waals surface area contributed by atoms with Gasteiger partial charge in [0.15, 0.2) is 0 Å². The second kappa shape index (κ2) is 8.86. The molecule has 130 valence electrons. The number of nitrogens with zero attached hydrogens (tertiary/aromatic N) is 3. The van der Waals surface area contributed by atoms with E-state index in [0.29, 0.717) is 0 Å². The van der Waals surface area contributed by atoms with Gasteiger partial charge in [0.05, 0.1) is 23.5 Å². The molecule has 0 saturated heterocycles. The smallest absolute Gasteiger partial charge is 0.0816 e. The number of hydrogen-bond donors (Lipinski definition) is 0. The second-order valence-corrected chi connectivity index (χ2v) is 6.22. The lowest BCUT2D eigenvalue weighted by Gasteiger charge is -2.06. The van der Waals surface area contributed by atoms with E-state index in [1.807, 2.05) is 67.0 Å². The maximum Gasteiger partial charge on any atom is 0.0816 e. The van der Waals surface area contributed by atoms with Crippen LogP contribution in [0.5, 0.6) is 0 Å². The van der Waals surface area contributed by atoms with Crippen molar-refractivity contribution in [1.29, 1.82) is 0 Å². The lowest BCUT2D eigenvalue weighted by molar-refractivity contribution is 0.823. The summed E-state index contributed by atoms with van der Waals surface area (Å²) in [6.07, 6.45) is 3.66. The summed E-state index contributed by atoms with van der Waals surface area (Å²) in [4.78, 5) is 13.8. The minimum absolute atomic E-state index is 0.105. The standard InChI is InChI=1S/C23H23N3/c1-18(20-10-5-3-6-11-20)24-16-22-14-9-15-23(26-22)17-25-19(2)21-12-7-4-8-13-21/h3-19H,1-2H3/t18-,19-/m0/s1. The van der Waals surface area contributed by atoms with Gasteiger partial charge in [-0.05, 0) is 37.1 Å². The lowest BCUT2D eigenvalue weighted by Crippen LogP contribution is -1.97. The maximum atomic E-state index is 4.62. The summed E-state index contributed by atoms with van der Waals surface area (Å²) in [5.74, 6) is 0. The van der Waals surface area contributed by atoms with Crippen molar-refractivity contribution < 1.29 is 0 Å². The molecule has 3 aromatic rings. The van der Waals surface area contributed by atoms with Crippen LogP contribution in [-0.2, 0) is 0 Å². The third-order valence-corrected chi connectivity index (χ3v) is 4.22. The van der Waals surface area contributed by atoms with E-state index in [1.54, 1.807) is 0 Å². The Balaban J connectivity index is 1.68. The summed E-state index contributed by atoms with van der Waals surface area (Å²) in [6.45, 7) is 4.16. The maximum absolute atomic E-state index is 4.62. The van der Waals surface area contributed by atoms with E-state index in [4.69, 9.17) is 0 Å². The van der Waals surface area contributed by atoms with Gasteiger partial charge in [0.2, 0.25) is 0 Å². The normalized spacial score (nSPS) is 13.9. The summed E-state index contributed by atoms with van der Waals surface area (Å²) >= 11 is 0. The van der Waals surface area contributed by atoms with Crippen molar-refractivity contribution in [3.63, 3.8) is 0 Å². The van der Waals surface area contributed by atoms with Crippen molar-refractivity contribution in [2.24, 2.45) is 9.98 Å². The highest BCUT2D eigenvalue weighted by molar-refractivity contribution is 5.81. The molecule has 0 unspecified atom stereocenters. The summed E-state index contributed by atoms with van der Waals surface area (Å²) < 4.78 is 0. The summed E-state index contributed by atoms with van der Waals surface area (Å²) in [7, 11) is 0. The van der Waals surface area contributed by atoms with Crippen LogP contribution in [0.2, 0.25) is 0 Å². The van der Waals surface area contributed by atoms with Crippen LogP contribution in [0.15, 0.2) is 88.8 Å². The number of hydrogen-bond acceptors (Lipinski definition) is 3. The fourth-order valence-corrected chi connectivity index (χ4v) is 2.62. The molecule has 0 amide bonds. The molecule has 0 fully saturated rings. The van der Waals surface area contributed by atoms with Gasteiger partial charge in [-0.25, -0.2) is 4.98 Å². The first-order valence-corrected chi connectivity index (χ1v) is 8.85. The molecular formula is C23H23N3. The van der Waals surface area contributed by atoms with Gasteiger partial charge >= 0.3 is 0 Å². The third-order valence-electron chi connectivity index (χ3n) is 4.22. The Morgan fingerprint density at radius 3 is 1.46 bits per heavy atom. The average molecular weight is 341 g/mol. The molecule has 1 heterocycles. The van der Waals surface area contributed by atoms with E-state index in [-0.39, 0.29) is 12.1 Å². The molecule has 0 spiro atoms. The van der Waals surface area contributed by atoms with E-state index < -0.39 is 0 Å². The van der Waals surface area contributed by atoms with Crippen LogP contribution < -0.4 is 0 Å². The van der Waals surface area contributed by atoms with Crippen LogP contribution in [0.3, 0.4) is 0 Å². The Kier molecular flexibility index (Phi) is 6.05. The Bertz CT molecular complexity index is 799. The van der Waals surface area contributed by atoms with Crippen LogP contribution in [0.25, 0.3) is 0 Å². The zero-order valence-corrected chi connectivity index (χ0v) is 15.2. The van der Waals surface area contributed by atoms with Crippen molar-refractivity contribution in [1.82, 2.24) is 4.98 Å². The summed E-state index contributed by atoms with van der Waals surface area (Å²) in [6, 6.07) is 26.6. The molecule has 3 rings (SSSR count). The van der Waals surface area contributed by atoms with Crippen LogP contribution >= 0.6 is 0 Å². The first-order chi connectivity index (χ1) is 12.7. The number of aliphatic imine (C=N–C) groups is 2. The van der Waals surface area contributed by atoms with E-state index in [2.05, 4.69) is 53.1 Å². The third kappa shape index (κ3) is 4.96. The highest BCUT2D eigenvalue weighted by atomic mass is 14.8. The molecule has 3 heteroatoms. The van der Waals surface area contributed by atoms with Gasteiger partial charge in [-0.1, -0.05) is 66.7 Å². The molecule has 3 nitrogen and oxygen atoms in total. The Morgan fingerprint density at radius 2 is 1.04 bits per heavy atom. The van der Waals surface area contributed by atoms with Crippen molar-refractivity contribution >= 4 is 12.4 Å². The number of benzene rings is 2. The SMILES string of the molecule is C[C@H](N=Cc1cccc(C=N[C@@H](C)c2ccccc2)n1)c1ccccc1. The molecule has 0 bridgehead atoms. The Hall–Kier alpha value is -3.07. The fourth-order valence-electron chi connectivity index (χ4n) is 2.62. The average Bonchev–Trinajstić information content (AvgIpc) is 2.72. The van der Waals surface area contributed by atoms with Gasteiger partial charge in [-0.2, -0.15) is 0 Å². The number of pyridine rings is 1. The van der Waals surface area contributed by atoms with Gasteiger partial charge in [-0.15, -0.1) is 0 Å². The number of rotatable bonds is 6. The van der Waals surface area contributed by atoms with E-state index >= 15 is 0 Å². The molecule has 26 heavy (non-hydrogen) atoms. The van der Waals surface area contributed by atoms with Crippen molar-refractivity contribution in [3.05, 3.63) is 101 Å². The van der Waals surface area contributed by atoms with Gasteiger partial charge in [-0.3, -0.25) is 9.98 Å². The minimum Gasteiger partial charge on any atom is -0.283 e. The largest absolute Gasteiger partial charge is 0.283 e. The summed E-state index contributed by atoms with van der Waals surface area (Å²) in [5.41, 5.74) is 4.06. The predicted octanol–water partition coefficient (Wildman–Crippen LogP) is 5.44. The first kappa shape index (κ1) is 17.7. The highest BCUT2D eigenvalue weighted by Gasteiger charge is 2.02. The van der Waals surface area contributed by atoms with Crippen LogP contribution in [0.4, 0.5) is 0 Å². The second-order valence-electron chi connectivity index (χ2n) is 6.22. The zero-order valence-electron chi connectivity index (χ0n) is 15.2. The van der Waals surface area contributed by atoms with Crippen LogP contribution in [0.1, 0.15) is 48.4 Å². The van der Waals surface area contributed by atoms with Gasteiger partial charge in [0.25, 0.3) is 0 Å². The fraction of sp³-hybridized carbons (Fsp3) is 0.174. The highest BCUT2D eigenvalue weighted by Crippen LogP contribution is 2.16. The molecular weight excluding hydrogens is 318 g/mol. The minimum atomic E-state index is 0.105. The lowest BCUT2D eigenvalue weighted by atomic mass is 10.1. The molecule has 0 N–H and O–H groups in total. The van der Waals surface area contributed by atoms with Gasteiger partial charge in [0, 0.05) is 12.4 Å². The van der Waals surface area contributed by atoms with Gasteiger partial charge < -0.3 is 0 Å². The monoisotopic (exact) mass is 341 g/mol. The Labute approximate surface area is 155 Å². The van der Waals surface area contributed by atoms with Crippen molar-refractivity contribution in [3.8, 4) is 0 Å². The predicted molar refractivity (Wildman–Crippen MR) is 109 cm³/mol. The molecule has 2 aromatic carbocycles. The van der Waals surface area contributed by atoms with Gasteiger partial charge in [0.1, 0.15) is 0 Å². The van der Waals surface area contributed by atoms with Crippen LogP contribution in [0, 0.1) is 0 Å². The molecule has 1 aromatic heterocycles. The topological polar surface area (TPSA) is 37.6 Å². The van der Waals surface area contributed by atoms with E-state index in [0.717, 1.165) is 11.4 Å². The summed E-state index contributed by atoms with van der Waals surface area (Å²) in [5, 5.41) is 0. The molecule has 0 saturated carbocycles. The zero-order chi connectivity index (χ0) is 18.2. The molecule has 0 aliphatic heterocycles. The molecule has 0 aliphatic carbocycles. The molecule has 0 radical (unpaired) electrons. The molecule has 0 aliphatic rings. The van der Waals surface area contributed by atoms with Crippen molar-refractivity contribution in [2.75, 3.05) is 0 Å². The van der Waals surface area contributed by atoms with Crippen LogP contribution in [-0.4, -0.2) is 17.4 Å². The van der Waals surface area contributed by atoms with E-state index in [1.165, 1.54) is 11.1 Å². The van der Waals surface area contributed by atoms with E-state index in [9.17, 15) is 0 Å². The van der Waals surface area contributed by atoms with Crippen molar-refractivity contribution in [2.45, 2.75) is 25.9 Å². The number of aromatic nitrogens is 1. The quantitative estimate of drug-likeness (QED) is 0.550.